The van der Waals surface area contributed by atoms with E-state index in [0.29, 0.717) is 20.8 Å². The molecule has 0 radical (unpaired) electrons. The summed E-state index contributed by atoms with van der Waals surface area (Å²) in [6, 6.07) is 13.4. The molecule has 0 fully saturated rings. The molecular weight excluding hydrogens is 401 g/mol. The number of pyridine rings is 1. The lowest BCUT2D eigenvalue weighted by molar-refractivity contribution is 0.970. The fourth-order valence-electron chi connectivity index (χ4n) is 2.93. The summed E-state index contributed by atoms with van der Waals surface area (Å²) in [7, 11) is 0. The van der Waals surface area contributed by atoms with Gasteiger partial charge in [-0.2, -0.15) is 9.61 Å². The molecule has 2 aromatic carbocycles. The van der Waals surface area contributed by atoms with Gasteiger partial charge in [-0.15, -0.1) is 10.2 Å². The second-order valence-electron chi connectivity index (χ2n) is 6.14. The van der Waals surface area contributed by atoms with Gasteiger partial charge in [0.15, 0.2) is 10.8 Å². The molecule has 0 saturated heterocycles. The summed E-state index contributed by atoms with van der Waals surface area (Å²) in [5.74, 6) is 0.657. The number of hydrogen-bond acceptors (Lipinski definition) is 5. The summed E-state index contributed by atoms with van der Waals surface area (Å²) in [6.07, 6.45) is 1.76. The van der Waals surface area contributed by atoms with Crippen molar-refractivity contribution in [3.8, 4) is 22.0 Å². The van der Waals surface area contributed by atoms with Crippen LogP contribution < -0.4 is 0 Å². The van der Waals surface area contributed by atoms with Crippen LogP contribution in [0.15, 0.2) is 48.7 Å². The van der Waals surface area contributed by atoms with Gasteiger partial charge in [0.25, 0.3) is 0 Å². The molecule has 5 rings (SSSR count). The van der Waals surface area contributed by atoms with E-state index in [1.54, 1.807) is 10.7 Å². The summed E-state index contributed by atoms with van der Waals surface area (Å²) in [4.78, 5) is 5.22. The topological polar surface area (TPSA) is 56.0 Å². The van der Waals surface area contributed by atoms with E-state index in [1.807, 2.05) is 49.4 Å². The second-order valence-corrected chi connectivity index (χ2v) is 7.91. The van der Waals surface area contributed by atoms with Crippen molar-refractivity contribution in [2.45, 2.75) is 6.92 Å². The Labute approximate surface area is 168 Å². The predicted octanol–water partition coefficient (Wildman–Crippen LogP) is 5.68. The van der Waals surface area contributed by atoms with E-state index in [1.165, 1.54) is 11.3 Å². The van der Waals surface area contributed by atoms with Crippen LogP contribution in [-0.2, 0) is 0 Å². The van der Waals surface area contributed by atoms with E-state index in [2.05, 4.69) is 20.3 Å². The van der Waals surface area contributed by atoms with Gasteiger partial charge in [-0.1, -0.05) is 46.2 Å². The Balaban J connectivity index is 1.67. The molecule has 0 unspecified atom stereocenters. The maximum atomic E-state index is 6.68. The van der Waals surface area contributed by atoms with Gasteiger partial charge in [-0.25, -0.2) is 0 Å². The summed E-state index contributed by atoms with van der Waals surface area (Å²) in [6.45, 7) is 2.03. The van der Waals surface area contributed by atoms with Crippen molar-refractivity contribution in [2.24, 2.45) is 0 Å². The molecule has 5 aromatic rings. The van der Waals surface area contributed by atoms with Crippen LogP contribution in [0.2, 0.25) is 10.0 Å². The Bertz CT molecular complexity index is 1310. The van der Waals surface area contributed by atoms with Crippen LogP contribution in [0, 0.1) is 6.92 Å². The van der Waals surface area contributed by atoms with Crippen molar-refractivity contribution in [1.29, 1.82) is 0 Å². The van der Waals surface area contributed by atoms with Gasteiger partial charge >= 0.3 is 0 Å². The third kappa shape index (κ3) is 2.77. The zero-order valence-corrected chi connectivity index (χ0v) is 16.3. The van der Waals surface area contributed by atoms with Crippen molar-refractivity contribution >= 4 is 50.4 Å². The van der Waals surface area contributed by atoms with Crippen LogP contribution in [0.1, 0.15) is 5.56 Å². The summed E-state index contributed by atoms with van der Waals surface area (Å²) in [5, 5.41) is 16.1. The van der Waals surface area contributed by atoms with E-state index >= 15 is 0 Å². The maximum absolute atomic E-state index is 6.68. The fraction of sp³-hybridized carbons (Fsp3) is 0.0526. The number of halogens is 2. The van der Waals surface area contributed by atoms with Crippen LogP contribution in [-0.4, -0.2) is 24.8 Å². The highest BCUT2D eigenvalue weighted by Gasteiger charge is 2.17. The van der Waals surface area contributed by atoms with Gasteiger partial charge < -0.3 is 0 Å². The molecule has 27 heavy (non-hydrogen) atoms. The van der Waals surface area contributed by atoms with Gasteiger partial charge in [0.05, 0.1) is 16.1 Å². The molecule has 0 atom stereocenters. The number of fused-ring (bicyclic) bond motifs is 2. The first-order valence-corrected chi connectivity index (χ1v) is 9.71. The molecule has 8 heteroatoms. The van der Waals surface area contributed by atoms with Crippen molar-refractivity contribution in [2.75, 3.05) is 0 Å². The van der Waals surface area contributed by atoms with Crippen molar-refractivity contribution < 1.29 is 0 Å². The molecule has 0 spiro atoms. The molecular formula is C19H11Cl2N5S. The molecule has 0 N–H and O–H groups in total. The monoisotopic (exact) mass is 411 g/mol. The third-order valence-corrected chi connectivity index (χ3v) is 5.87. The van der Waals surface area contributed by atoms with Crippen LogP contribution in [0.5, 0.6) is 0 Å². The van der Waals surface area contributed by atoms with E-state index in [0.717, 1.165) is 32.6 Å². The van der Waals surface area contributed by atoms with Gasteiger partial charge in [0.2, 0.25) is 4.96 Å². The molecule has 132 valence electrons. The standard InChI is InChI=1S/C19H11Cl2N5S/c1-10-2-7-15-13(8-10)16(21)14(9-22-15)18-25-26-17(23-24-19(26)27-18)11-3-5-12(20)6-4-11/h2-9H,1H3. The minimum Gasteiger partial charge on any atom is -0.255 e. The molecule has 0 aliphatic rings. The van der Waals surface area contributed by atoms with Crippen LogP contribution in [0.3, 0.4) is 0 Å². The smallest absolute Gasteiger partial charge is 0.235 e. The highest BCUT2D eigenvalue weighted by molar-refractivity contribution is 7.19. The molecule has 0 aliphatic heterocycles. The second kappa shape index (κ2) is 6.27. The first kappa shape index (κ1) is 16.6. The SMILES string of the molecule is Cc1ccc2ncc(-c3nn4c(-c5ccc(Cl)cc5)nnc4s3)c(Cl)c2c1. The normalized spacial score (nSPS) is 11.5. The van der Waals surface area contributed by atoms with E-state index in [-0.39, 0.29) is 0 Å². The lowest BCUT2D eigenvalue weighted by atomic mass is 10.1. The average Bonchev–Trinajstić information content (AvgIpc) is 3.24. The quantitative estimate of drug-likeness (QED) is 0.374. The van der Waals surface area contributed by atoms with Crippen LogP contribution in [0.4, 0.5) is 0 Å². The Kier molecular flexibility index (Phi) is 3.86. The van der Waals surface area contributed by atoms with Crippen molar-refractivity contribution in [3.63, 3.8) is 0 Å². The van der Waals surface area contributed by atoms with Gasteiger partial charge in [0.1, 0.15) is 0 Å². The number of hydrogen-bond donors (Lipinski definition) is 0. The van der Waals surface area contributed by atoms with Gasteiger partial charge in [0, 0.05) is 22.2 Å². The predicted molar refractivity (Wildman–Crippen MR) is 110 cm³/mol. The molecule has 3 heterocycles. The Morgan fingerprint density at radius 3 is 2.63 bits per heavy atom. The first-order valence-electron chi connectivity index (χ1n) is 8.13. The number of nitrogens with zero attached hydrogens (tertiary/aromatic N) is 5. The minimum absolute atomic E-state index is 0.640. The molecule has 0 amide bonds. The van der Waals surface area contributed by atoms with Gasteiger partial charge in [-0.05, 0) is 43.3 Å². The fourth-order valence-corrected chi connectivity index (χ4v) is 4.26. The minimum atomic E-state index is 0.640. The van der Waals surface area contributed by atoms with E-state index < -0.39 is 0 Å². The zero-order valence-electron chi connectivity index (χ0n) is 14.0. The molecule has 0 saturated carbocycles. The van der Waals surface area contributed by atoms with Crippen LogP contribution in [0.25, 0.3) is 37.8 Å². The maximum Gasteiger partial charge on any atom is 0.235 e. The highest BCUT2D eigenvalue weighted by Crippen LogP contribution is 2.36. The summed E-state index contributed by atoms with van der Waals surface area (Å²) >= 11 is 14.1. The Morgan fingerprint density at radius 2 is 1.81 bits per heavy atom. The molecule has 3 aromatic heterocycles. The Hall–Kier alpha value is -2.54. The molecule has 5 nitrogen and oxygen atoms in total. The molecule has 0 bridgehead atoms. The van der Waals surface area contributed by atoms with Crippen molar-refractivity contribution in [1.82, 2.24) is 24.8 Å². The molecule has 0 aliphatic carbocycles. The summed E-state index contributed by atoms with van der Waals surface area (Å²) in [5.41, 5.74) is 3.67. The zero-order chi connectivity index (χ0) is 18.5. The third-order valence-electron chi connectivity index (χ3n) is 4.28. The number of benzene rings is 2. The number of aromatic nitrogens is 5. The van der Waals surface area contributed by atoms with Crippen LogP contribution >= 0.6 is 34.5 Å². The Morgan fingerprint density at radius 1 is 1.00 bits per heavy atom. The largest absolute Gasteiger partial charge is 0.255 e. The lowest BCUT2D eigenvalue weighted by Gasteiger charge is -2.05. The van der Waals surface area contributed by atoms with E-state index in [9.17, 15) is 0 Å². The number of aryl methyl sites for hydroxylation is 1. The van der Waals surface area contributed by atoms with Gasteiger partial charge in [-0.3, -0.25) is 4.98 Å². The summed E-state index contributed by atoms with van der Waals surface area (Å²) < 4.78 is 1.72. The highest BCUT2D eigenvalue weighted by atomic mass is 35.5. The van der Waals surface area contributed by atoms with Crippen molar-refractivity contribution in [3.05, 3.63) is 64.3 Å². The first-order chi connectivity index (χ1) is 13.1. The lowest BCUT2D eigenvalue weighted by Crippen LogP contribution is -1.92. The average molecular weight is 412 g/mol. The van der Waals surface area contributed by atoms with E-state index in [4.69, 9.17) is 23.2 Å². The number of rotatable bonds is 2.